The quantitative estimate of drug-likeness (QED) is 0.618. The molecule has 0 bridgehead atoms. The molecule has 1 aromatic heterocycles. The molecule has 1 aromatic rings. The van der Waals surface area contributed by atoms with E-state index in [2.05, 4.69) is 26.2 Å². The maximum Gasteiger partial charge on any atom is 0.261 e. The summed E-state index contributed by atoms with van der Waals surface area (Å²) in [5.74, 6) is 0. The molecule has 0 saturated heterocycles. The minimum atomic E-state index is -2.40. The van der Waals surface area contributed by atoms with Crippen LogP contribution >= 0.6 is 15.9 Å². The molecule has 0 amide bonds. The lowest BCUT2D eigenvalue weighted by molar-refractivity contribution is 0.0187. The third-order valence-electron chi connectivity index (χ3n) is 1.75. The molecule has 0 radical (unpaired) electrons. The lowest BCUT2D eigenvalue weighted by Crippen LogP contribution is -2.21. The van der Waals surface area contributed by atoms with Crippen molar-refractivity contribution in [2.45, 2.75) is 13.0 Å². The van der Waals surface area contributed by atoms with Gasteiger partial charge in [0.15, 0.2) is 0 Å². The number of hydrogen-bond acceptors (Lipinski definition) is 3. The Bertz CT molecular complexity index is 313. The number of aromatic nitrogens is 1. The van der Waals surface area contributed by atoms with Gasteiger partial charge in [-0.15, -0.1) is 0 Å². The van der Waals surface area contributed by atoms with E-state index in [1.165, 1.54) is 0 Å². The molecule has 1 N–H and O–H groups in total. The van der Waals surface area contributed by atoms with Crippen molar-refractivity contribution in [1.82, 2.24) is 10.3 Å². The van der Waals surface area contributed by atoms with E-state index >= 15 is 0 Å². The molecule has 0 aliphatic heterocycles. The average Bonchev–Trinajstić information content (AvgIpc) is 2.23. The highest BCUT2D eigenvalue weighted by molar-refractivity contribution is 9.10. The van der Waals surface area contributed by atoms with Crippen molar-refractivity contribution in [3.05, 3.63) is 28.5 Å². The van der Waals surface area contributed by atoms with Crippen LogP contribution in [-0.2, 0) is 11.3 Å². The molecule has 0 aliphatic carbocycles. The zero-order valence-corrected chi connectivity index (χ0v) is 10.2. The van der Waals surface area contributed by atoms with Crippen molar-refractivity contribution in [3.63, 3.8) is 0 Å². The summed E-state index contributed by atoms with van der Waals surface area (Å²) in [7, 11) is 0. The van der Waals surface area contributed by atoms with Gasteiger partial charge in [-0.1, -0.05) is 6.07 Å². The number of pyridine rings is 1. The first-order chi connectivity index (χ1) is 7.68. The minimum Gasteiger partial charge on any atom is -0.374 e. The number of rotatable bonds is 7. The summed E-state index contributed by atoms with van der Waals surface area (Å²) in [5, 5.41) is 3.05. The number of hydrogen-bond donors (Lipinski definition) is 1. The van der Waals surface area contributed by atoms with Gasteiger partial charge in [0.25, 0.3) is 6.43 Å². The summed E-state index contributed by atoms with van der Waals surface area (Å²) in [5.41, 5.74) is 0.892. The third kappa shape index (κ3) is 6.09. The zero-order valence-electron chi connectivity index (χ0n) is 8.63. The molecule has 6 heteroatoms. The maximum atomic E-state index is 11.7. The smallest absolute Gasteiger partial charge is 0.261 e. The fourth-order valence-corrected chi connectivity index (χ4v) is 1.46. The van der Waals surface area contributed by atoms with Crippen LogP contribution < -0.4 is 5.32 Å². The van der Waals surface area contributed by atoms with E-state index in [1.54, 1.807) is 0 Å². The van der Waals surface area contributed by atoms with Crippen molar-refractivity contribution in [2.24, 2.45) is 0 Å². The van der Waals surface area contributed by atoms with E-state index in [-0.39, 0.29) is 6.61 Å². The summed E-state index contributed by atoms with van der Waals surface area (Å²) in [6.45, 7) is 0.896. The van der Waals surface area contributed by atoms with Crippen LogP contribution in [0.3, 0.4) is 0 Å². The van der Waals surface area contributed by atoms with Gasteiger partial charge in [0.05, 0.1) is 12.3 Å². The number of nitrogens with one attached hydrogen (secondary N) is 1. The Hall–Kier alpha value is -0.590. The zero-order chi connectivity index (χ0) is 11.8. The molecule has 1 heterocycles. The molecule has 0 aliphatic rings. The van der Waals surface area contributed by atoms with Crippen LogP contribution in [0.25, 0.3) is 0 Å². The molecule has 0 aromatic carbocycles. The summed E-state index contributed by atoms with van der Waals surface area (Å²) >= 11 is 3.26. The molecule has 0 saturated carbocycles. The van der Waals surface area contributed by atoms with Gasteiger partial charge in [-0.25, -0.2) is 13.8 Å². The standard InChI is InChI=1S/C10H13BrF2N2O/c11-9-3-1-2-8(15-9)6-14-4-5-16-7-10(12)13/h1-3,10,14H,4-7H2. The molecular weight excluding hydrogens is 282 g/mol. The molecule has 0 unspecified atom stereocenters. The Kier molecular flexibility index (Phi) is 6.44. The molecule has 0 atom stereocenters. The summed E-state index contributed by atoms with van der Waals surface area (Å²) < 4.78 is 28.9. The van der Waals surface area contributed by atoms with E-state index in [4.69, 9.17) is 4.74 Å². The van der Waals surface area contributed by atoms with Gasteiger partial charge < -0.3 is 10.1 Å². The molecule has 16 heavy (non-hydrogen) atoms. The second-order valence-corrected chi connectivity index (χ2v) is 3.91. The van der Waals surface area contributed by atoms with Gasteiger partial charge in [-0.3, -0.25) is 0 Å². The van der Waals surface area contributed by atoms with Crippen molar-refractivity contribution < 1.29 is 13.5 Å². The Morgan fingerprint density at radius 3 is 2.94 bits per heavy atom. The fourth-order valence-electron chi connectivity index (χ4n) is 1.08. The lowest BCUT2D eigenvalue weighted by Gasteiger charge is -2.05. The number of halogens is 3. The van der Waals surface area contributed by atoms with E-state index < -0.39 is 13.0 Å². The van der Waals surface area contributed by atoms with Gasteiger partial charge in [-0.2, -0.15) is 0 Å². The summed E-state index contributed by atoms with van der Waals surface area (Å²) in [4.78, 5) is 4.21. The van der Waals surface area contributed by atoms with Crippen LogP contribution in [0.4, 0.5) is 8.78 Å². The SMILES string of the molecule is FC(F)COCCNCc1cccc(Br)n1. The molecule has 0 spiro atoms. The van der Waals surface area contributed by atoms with Crippen molar-refractivity contribution in [3.8, 4) is 0 Å². The van der Waals surface area contributed by atoms with E-state index in [9.17, 15) is 8.78 Å². The number of alkyl halides is 2. The lowest BCUT2D eigenvalue weighted by atomic mass is 10.3. The first kappa shape index (κ1) is 13.5. The largest absolute Gasteiger partial charge is 0.374 e. The van der Waals surface area contributed by atoms with Crippen LogP contribution in [0.15, 0.2) is 22.8 Å². The van der Waals surface area contributed by atoms with Gasteiger partial charge in [-0.05, 0) is 28.1 Å². The Morgan fingerprint density at radius 1 is 1.44 bits per heavy atom. The Morgan fingerprint density at radius 2 is 2.25 bits per heavy atom. The minimum absolute atomic E-state index is 0.276. The first-order valence-corrected chi connectivity index (χ1v) is 5.66. The number of ether oxygens (including phenoxy) is 1. The summed E-state index contributed by atoms with van der Waals surface area (Å²) in [6.07, 6.45) is -2.40. The van der Waals surface area contributed by atoms with E-state index in [0.29, 0.717) is 13.1 Å². The molecular formula is C10H13BrF2N2O. The van der Waals surface area contributed by atoms with Gasteiger partial charge >= 0.3 is 0 Å². The topological polar surface area (TPSA) is 34.1 Å². The van der Waals surface area contributed by atoms with Gasteiger partial charge in [0.1, 0.15) is 11.2 Å². The van der Waals surface area contributed by atoms with Gasteiger partial charge in [0.2, 0.25) is 0 Å². The predicted molar refractivity (Wildman–Crippen MR) is 60.5 cm³/mol. The number of nitrogens with zero attached hydrogens (tertiary/aromatic N) is 1. The molecule has 3 nitrogen and oxygen atoms in total. The Balaban J connectivity index is 2.07. The maximum absolute atomic E-state index is 11.7. The highest BCUT2D eigenvalue weighted by Gasteiger charge is 2.00. The van der Waals surface area contributed by atoms with Crippen LogP contribution in [0.2, 0.25) is 0 Å². The normalized spacial score (nSPS) is 11.0. The van der Waals surface area contributed by atoms with Crippen LogP contribution in [0.5, 0.6) is 0 Å². The van der Waals surface area contributed by atoms with Crippen LogP contribution in [0.1, 0.15) is 5.69 Å². The summed E-state index contributed by atoms with van der Waals surface area (Å²) in [6, 6.07) is 5.62. The van der Waals surface area contributed by atoms with Crippen molar-refractivity contribution in [2.75, 3.05) is 19.8 Å². The molecule has 1 rings (SSSR count). The average molecular weight is 295 g/mol. The van der Waals surface area contributed by atoms with E-state index in [0.717, 1.165) is 10.3 Å². The highest BCUT2D eigenvalue weighted by atomic mass is 79.9. The molecule has 0 fully saturated rings. The monoisotopic (exact) mass is 294 g/mol. The first-order valence-electron chi connectivity index (χ1n) is 4.86. The van der Waals surface area contributed by atoms with Gasteiger partial charge in [0, 0.05) is 13.1 Å². The van der Waals surface area contributed by atoms with Crippen LogP contribution in [0, 0.1) is 0 Å². The second-order valence-electron chi connectivity index (χ2n) is 3.09. The van der Waals surface area contributed by atoms with Crippen LogP contribution in [-0.4, -0.2) is 31.2 Å². The molecule has 90 valence electrons. The Labute approximate surface area is 101 Å². The fraction of sp³-hybridized carbons (Fsp3) is 0.500. The second kappa shape index (κ2) is 7.65. The highest BCUT2D eigenvalue weighted by Crippen LogP contribution is 2.05. The van der Waals surface area contributed by atoms with Crippen molar-refractivity contribution >= 4 is 15.9 Å². The van der Waals surface area contributed by atoms with E-state index in [1.807, 2.05) is 18.2 Å². The predicted octanol–water partition coefficient (Wildman–Crippen LogP) is 2.22. The van der Waals surface area contributed by atoms with Crippen molar-refractivity contribution in [1.29, 1.82) is 0 Å². The third-order valence-corrected chi connectivity index (χ3v) is 2.19.